The van der Waals surface area contributed by atoms with Crippen molar-refractivity contribution in [2.75, 3.05) is 0 Å². The molecule has 0 aliphatic carbocycles. The van der Waals surface area contributed by atoms with Gasteiger partial charge in [-0.15, -0.1) is 11.3 Å². The van der Waals surface area contributed by atoms with Gasteiger partial charge in [-0.05, 0) is 70.4 Å². The summed E-state index contributed by atoms with van der Waals surface area (Å²) < 4.78 is 4.90. The number of aromatic nitrogens is 3. The lowest BCUT2D eigenvalue weighted by molar-refractivity contribution is 1.19. The first kappa shape index (κ1) is 29.1. The second-order valence-corrected chi connectivity index (χ2v) is 14.4. The predicted molar refractivity (Wildman–Crippen MR) is 221 cm³/mol. The van der Waals surface area contributed by atoms with E-state index in [4.69, 9.17) is 9.97 Å². The molecule has 0 unspecified atom stereocenters. The van der Waals surface area contributed by atoms with Crippen LogP contribution in [0.2, 0.25) is 0 Å². The summed E-state index contributed by atoms with van der Waals surface area (Å²) in [6.45, 7) is 0. The normalized spacial score (nSPS) is 11.8. The van der Waals surface area contributed by atoms with E-state index in [0.717, 1.165) is 44.6 Å². The first-order valence-electron chi connectivity index (χ1n) is 17.6. The molecule has 0 aliphatic heterocycles. The number of hydrogen-bond acceptors (Lipinski definition) is 3. The van der Waals surface area contributed by atoms with E-state index in [0.29, 0.717) is 0 Å². The Bertz CT molecular complexity index is 3140. The smallest absolute Gasteiger partial charge is 0.161 e. The molecule has 242 valence electrons. The van der Waals surface area contributed by atoms with Crippen molar-refractivity contribution in [3.8, 4) is 39.5 Å². The third kappa shape index (κ3) is 4.45. The van der Waals surface area contributed by atoms with Crippen molar-refractivity contribution < 1.29 is 0 Å². The third-order valence-corrected chi connectivity index (χ3v) is 11.5. The van der Waals surface area contributed by atoms with Crippen LogP contribution in [-0.2, 0) is 0 Å². The summed E-state index contributed by atoms with van der Waals surface area (Å²) in [5.74, 6) is 0.736. The topological polar surface area (TPSA) is 30.7 Å². The zero-order chi connectivity index (χ0) is 34.2. The molecule has 0 fully saturated rings. The first-order chi connectivity index (χ1) is 25.8. The number of para-hydroxylation sites is 3. The number of thiophene rings is 1. The summed E-state index contributed by atoms with van der Waals surface area (Å²) in [6, 6.07) is 63.0. The predicted octanol–water partition coefficient (Wildman–Crippen LogP) is 13.2. The number of benzene rings is 8. The highest BCUT2D eigenvalue weighted by Gasteiger charge is 2.19. The average molecular weight is 680 g/mol. The highest BCUT2D eigenvalue weighted by Crippen LogP contribution is 2.44. The monoisotopic (exact) mass is 679 g/mol. The highest BCUT2D eigenvalue weighted by atomic mass is 32.1. The van der Waals surface area contributed by atoms with Crippen LogP contribution in [0, 0.1) is 0 Å². The molecule has 8 aromatic carbocycles. The molecule has 3 heterocycles. The van der Waals surface area contributed by atoms with Gasteiger partial charge < -0.3 is 4.57 Å². The van der Waals surface area contributed by atoms with Gasteiger partial charge in [-0.2, -0.15) is 0 Å². The molecule has 0 bridgehead atoms. The molecule has 3 aromatic heterocycles. The van der Waals surface area contributed by atoms with Crippen molar-refractivity contribution in [2.24, 2.45) is 0 Å². The Morgan fingerprint density at radius 3 is 1.83 bits per heavy atom. The second-order valence-electron chi connectivity index (χ2n) is 13.4. The molecule has 0 amide bonds. The molecule has 0 saturated carbocycles. The van der Waals surface area contributed by atoms with Crippen molar-refractivity contribution in [3.05, 3.63) is 176 Å². The van der Waals surface area contributed by atoms with E-state index < -0.39 is 0 Å². The Balaban J connectivity index is 1.14. The molecule has 0 N–H and O–H groups in total. The van der Waals surface area contributed by atoms with Crippen molar-refractivity contribution in [2.45, 2.75) is 0 Å². The number of rotatable bonds is 4. The van der Waals surface area contributed by atoms with Gasteiger partial charge in [0.25, 0.3) is 0 Å². The van der Waals surface area contributed by atoms with E-state index in [-0.39, 0.29) is 0 Å². The van der Waals surface area contributed by atoms with Gasteiger partial charge in [-0.25, -0.2) is 9.97 Å². The van der Waals surface area contributed by atoms with Gasteiger partial charge >= 0.3 is 0 Å². The summed E-state index contributed by atoms with van der Waals surface area (Å²) in [6.07, 6.45) is 0. The molecular weight excluding hydrogens is 651 g/mol. The zero-order valence-corrected chi connectivity index (χ0v) is 28.8. The van der Waals surface area contributed by atoms with Crippen molar-refractivity contribution >= 4 is 75.0 Å². The Morgan fingerprint density at radius 1 is 0.404 bits per heavy atom. The zero-order valence-electron chi connectivity index (χ0n) is 28.0. The van der Waals surface area contributed by atoms with E-state index in [2.05, 4.69) is 180 Å². The highest BCUT2D eigenvalue weighted by molar-refractivity contribution is 7.26. The maximum atomic E-state index is 5.38. The molecule has 0 aliphatic rings. The summed E-state index contributed by atoms with van der Waals surface area (Å²) in [5.41, 5.74) is 9.94. The minimum atomic E-state index is 0.736. The maximum absolute atomic E-state index is 5.38. The molecular formula is C48H29N3S. The Morgan fingerprint density at radius 2 is 1.04 bits per heavy atom. The SMILES string of the molecule is c1ccc(-c2cccc(-c3nc(-c4cc5sc6ccc(-n7c8ccccc8c8ccccc87)cc6c5c5ccccc45)nc4ccccc34)c2)cc1. The van der Waals surface area contributed by atoms with Gasteiger partial charge in [-0.3, -0.25) is 0 Å². The van der Waals surface area contributed by atoms with Gasteiger partial charge in [0, 0.05) is 53.1 Å². The fourth-order valence-electron chi connectivity index (χ4n) is 8.05. The summed E-state index contributed by atoms with van der Waals surface area (Å²) in [5, 5.41) is 8.48. The number of fused-ring (bicyclic) bond motifs is 9. The summed E-state index contributed by atoms with van der Waals surface area (Å²) >= 11 is 1.84. The first-order valence-corrected chi connectivity index (χ1v) is 18.4. The molecule has 11 rings (SSSR count). The van der Waals surface area contributed by atoms with E-state index >= 15 is 0 Å². The fraction of sp³-hybridized carbons (Fsp3) is 0. The minimum absolute atomic E-state index is 0.736. The third-order valence-electron chi connectivity index (χ3n) is 10.4. The Hall–Kier alpha value is -6.62. The lowest BCUT2D eigenvalue weighted by Crippen LogP contribution is -1.96. The van der Waals surface area contributed by atoms with Gasteiger partial charge in [0.15, 0.2) is 5.82 Å². The van der Waals surface area contributed by atoms with Crippen LogP contribution in [0.4, 0.5) is 0 Å². The van der Waals surface area contributed by atoms with E-state index in [1.165, 1.54) is 58.5 Å². The van der Waals surface area contributed by atoms with Crippen LogP contribution in [-0.4, -0.2) is 14.5 Å². The van der Waals surface area contributed by atoms with Crippen LogP contribution < -0.4 is 0 Å². The largest absolute Gasteiger partial charge is 0.309 e. The molecule has 4 heteroatoms. The van der Waals surface area contributed by atoms with Crippen LogP contribution in [0.5, 0.6) is 0 Å². The maximum Gasteiger partial charge on any atom is 0.161 e. The van der Waals surface area contributed by atoms with Crippen LogP contribution in [0.1, 0.15) is 0 Å². The summed E-state index contributed by atoms with van der Waals surface area (Å²) in [4.78, 5) is 10.6. The Labute approximate surface area is 303 Å². The molecule has 52 heavy (non-hydrogen) atoms. The Kier molecular flexibility index (Phi) is 6.42. The number of hydrogen-bond donors (Lipinski definition) is 0. The molecule has 0 saturated heterocycles. The van der Waals surface area contributed by atoms with Crippen LogP contribution in [0.15, 0.2) is 176 Å². The number of nitrogens with zero attached hydrogens (tertiary/aromatic N) is 3. The van der Waals surface area contributed by atoms with Gasteiger partial charge in [0.2, 0.25) is 0 Å². The molecule has 0 atom stereocenters. The van der Waals surface area contributed by atoms with Crippen molar-refractivity contribution in [3.63, 3.8) is 0 Å². The lowest BCUT2D eigenvalue weighted by Gasteiger charge is -2.13. The molecule has 11 aromatic rings. The molecule has 0 radical (unpaired) electrons. The van der Waals surface area contributed by atoms with Crippen LogP contribution >= 0.6 is 11.3 Å². The average Bonchev–Trinajstić information content (AvgIpc) is 3.76. The minimum Gasteiger partial charge on any atom is -0.309 e. The van der Waals surface area contributed by atoms with E-state index in [1.54, 1.807) is 0 Å². The lowest BCUT2D eigenvalue weighted by atomic mass is 9.97. The van der Waals surface area contributed by atoms with Gasteiger partial charge in [0.1, 0.15) is 0 Å². The summed E-state index contributed by atoms with van der Waals surface area (Å²) in [7, 11) is 0. The van der Waals surface area contributed by atoms with Crippen LogP contribution in [0.3, 0.4) is 0 Å². The van der Waals surface area contributed by atoms with Crippen molar-refractivity contribution in [1.82, 2.24) is 14.5 Å². The fourth-order valence-corrected chi connectivity index (χ4v) is 9.19. The van der Waals surface area contributed by atoms with E-state index in [9.17, 15) is 0 Å². The second kappa shape index (κ2) is 11.5. The van der Waals surface area contributed by atoms with E-state index in [1.807, 2.05) is 11.3 Å². The quantitative estimate of drug-likeness (QED) is 0.185. The molecule has 3 nitrogen and oxygen atoms in total. The standard InChI is InChI=1S/C48H29N3S/c1-2-13-30(14-3-1)31-15-12-16-32(27-31)47-38-21-6-9-22-41(38)49-48(50-47)39-29-45-46(37-20-5-4-17-34(37)39)40-28-33(25-26-44(40)52-45)51-42-23-10-7-18-35(42)36-19-8-11-24-43(36)51/h1-29H. The van der Waals surface area contributed by atoms with Gasteiger partial charge in [-0.1, -0.05) is 127 Å². The van der Waals surface area contributed by atoms with Gasteiger partial charge in [0.05, 0.1) is 22.2 Å². The molecule has 0 spiro atoms. The van der Waals surface area contributed by atoms with Crippen LogP contribution in [0.25, 0.3) is 103 Å². The van der Waals surface area contributed by atoms with Crippen molar-refractivity contribution in [1.29, 1.82) is 0 Å².